The molecular weight excluding hydrogens is 428 g/mol. The molecule has 1 saturated heterocycles. The van der Waals surface area contributed by atoms with Crippen LogP contribution in [0, 0.1) is 12.8 Å². The van der Waals surface area contributed by atoms with Crippen LogP contribution in [0.5, 0.6) is 0 Å². The Bertz CT molecular complexity index is 1060. The monoisotopic (exact) mass is 466 g/mol. The molecule has 0 atom stereocenters. The van der Waals surface area contributed by atoms with Gasteiger partial charge in [0.05, 0.1) is 11.4 Å². The third kappa shape index (κ3) is 6.56. The van der Waals surface area contributed by atoms with Crippen LogP contribution in [-0.2, 0) is 11.2 Å². The van der Waals surface area contributed by atoms with Crippen molar-refractivity contribution < 1.29 is 14.1 Å². The summed E-state index contributed by atoms with van der Waals surface area (Å²) in [6.45, 7) is 9.29. The number of aromatic nitrogens is 2. The number of hydrogen-bond acceptors (Lipinski definition) is 6. The van der Waals surface area contributed by atoms with Crippen molar-refractivity contribution >= 4 is 17.1 Å². The molecule has 0 unspecified atom stereocenters. The van der Waals surface area contributed by atoms with Crippen molar-refractivity contribution in [1.29, 1.82) is 0 Å². The van der Waals surface area contributed by atoms with Crippen molar-refractivity contribution in [2.24, 2.45) is 5.92 Å². The summed E-state index contributed by atoms with van der Waals surface area (Å²) in [4.78, 5) is 18.5. The van der Waals surface area contributed by atoms with Crippen LogP contribution in [0.15, 0.2) is 41.1 Å². The number of fused-ring (bicyclic) bond motifs is 1. The summed E-state index contributed by atoms with van der Waals surface area (Å²) >= 11 is 0. The van der Waals surface area contributed by atoms with Crippen LogP contribution >= 0.6 is 0 Å². The first-order valence-electron chi connectivity index (χ1n) is 12.1. The molecule has 2 aromatic heterocycles. The SMILES string of the molecule is CNC.Cc1c(-c2ccccn2)ccc2c(CCC3CCN(C(=O)OC(C)(C)C)CC3)noc12. The smallest absolute Gasteiger partial charge is 0.410 e. The minimum atomic E-state index is -0.448. The van der Waals surface area contributed by atoms with Crippen LogP contribution in [0.25, 0.3) is 22.2 Å². The second-order valence-electron chi connectivity index (χ2n) is 9.91. The molecule has 4 rings (SSSR count). The molecule has 7 nitrogen and oxygen atoms in total. The van der Waals surface area contributed by atoms with E-state index in [9.17, 15) is 4.79 Å². The fourth-order valence-electron chi connectivity index (χ4n) is 4.24. The highest BCUT2D eigenvalue weighted by molar-refractivity contribution is 5.88. The number of hydrogen-bond donors (Lipinski definition) is 1. The van der Waals surface area contributed by atoms with Crippen LogP contribution in [0.1, 0.15) is 51.3 Å². The van der Waals surface area contributed by atoms with Crippen molar-refractivity contribution in [2.45, 2.75) is 59.0 Å². The Kier molecular flexibility index (Phi) is 8.67. The first-order chi connectivity index (χ1) is 16.2. The second-order valence-corrected chi connectivity index (χ2v) is 9.91. The minimum Gasteiger partial charge on any atom is -0.444 e. The van der Waals surface area contributed by atoms with Crippen molar-refractivity contribution in [3.63, 3.8) is 0 Å². The molecule has 1 aromatic carbocycles. The molecule has 0 aliphatic carbocycles. The van der Waals surface area contributed by atoms with Gasteiger partial charge in [0.15, 0.2) is 5.58 Å². The van der Waals surface area contributed by atoms with Crippen LogP contribution in [0.3, 0.4) is 0 Å². The number of piperidine rings is 1. The highest BCUT2D eigenvalue weighted by Gasteiger charge is 2.27. The van der Waals surface area contributed by atoms with E-state index in [0.29, 0.717) is 5.92 Å². The number of ether oxygens (including phenoxy) is 1. The van der Waals surface area contributed by atoms with Gasteiger partial charge < -0.3 is 19.5 Å². The van der Waals surface area contributed by atoms with Crippen LogP contribution < -0.4 is 5.32 Å². The van der Waals surface area contributed by atoms with Gasteiger partial charge in [-0.15, -0.1) is 0 Å². The average Bonchev–Trinajstić information content (AvgIpc) is 3.22. The molecule has 1 aliphatic heterocycles. The van der Waals surface area contributed by atoms with Crippen LogP contribution in [-0.4, -0.2) is 53.9 Å². The van der Waals surface area contributed by atoms with E-state index in [4.69, 9.17) is 9.26 Å². The maximum Gasteiger partial charge on any atom is 0.410 e. The maximum atomic E-state index is 12.3. The van der Waals surface area contributed by atoms with Gasteiger partial charge in [-0.3, -0.25) is 4.98 Å². The zero-order valence-corrected chi connectivity index (χ0v) is 21.4. The molecule has 0 bridgehead atoms. The highest BCUT2D eigenvalue weighted by Crippen LogP contribution is 2.32. The Morgan fingerprint density at radius 2 is 1.88 bits per heavy atom. The summed E-state index contributed by atoms with van der Waals surface area (Å²) in [5.74, 6) is 0.583. The number of nitrogens with one attached hydrogen (secondary N) is 1. The molecule has 0 spiro atoms. The Hall–Kier alpha value is -2.93. The molecule has 1 aliphatic rings. The summed E-state index contributed by atoms with van der Waals surface area (Å²) in [6.07, 6.45) is 5.53. The molecule has 0 saturated carbocycles. The summed E-state index contributed by atoms with van der Waals surface area (Å²) < 4.78 is 11.2. The van der Waals surface area contributed by atoms with E-state index < -0.39 is 5.60 Å². The quantitative estimate of drug-likeness (QED) is 0.538. The van der Waals surface area contributed by atoms with Crippen LogP contribution in [0.4, 0.5) is 4.79 Å². The molecule has 184 valence electrons. The fraction of sp³-hybridized carbons (Fsp3) is 0.519. The standard InChI is InChI=1S/C25H31N3O3.C2H7N/c1-17-19(21-7-5-6-14-26-21)9-10-20-22(27-31-23(17)20)11-8-18-12-15-28(16-13-18)24(29)30-25(2,3)4;1-3-2/h5-7,9-10,14,18H,8,11-13,15-16H2,1-4H3;3H,1-2H3. The van der Waals surface area contributed by atoms with Crippen molar-refractivity contribution in [1.82, 2.24) is 20.4 Å². The Labute approximate surface area is 202 Å². The number of pyridine rings is 1. The number of nitrogens with zero attached hydrogens (tertiary/aromatic N) is 3. The molecule has 34 heavy (non-hydrogen) atoms. The third-order valence-electron chi connectivity index (χ3n) is 5.96. The first-order valence-corrected chi connectivity index (χ1v) is 12.1. The Morgan fingerprint density at radius 1 is 1.18 bits per heavy atom. The van der Waals surface area contributed by atoms with Crippen molar-refractivity contribution in [3.05, 3.63) is 47.8 Å². The van der Waals surface area contributed by atoms with Gasteiger partial charge in [-0.1, -0.05) is 17.3 Å². The first kappa shape index (κ1) is 25.7. The van der Waals surface area contributed by atoms with E-state index in [1.165, 1.54) is 0 Å². The van der Waals surface area contributed by atoms with E-state index >= 15 is 0 Å². The summed E-state index contributed by atoms with van der Waals surface area (Å²) in [7, 11) is 3.75. The lowest BCUT2D eigenvalue weighted by Gasteiger charge is -2.33. The zero-order valence-electron chi connectivity index (χ0n) is 21.4. The molecular formula is C27H38N4O3. The zero-order chi connectivity index (χ0) is 24.7. The Morgan fingerprint density at radius 3 is 2.50 bits per heavy atom. The van der Waals surface area contributed by atoms with E-state index in [0.717, 1.165) is 72.3 Å². The number of aryl methyl sites for hydroxylation is 2. The molecule has 3 aromatic rings. The van der Waals surface area contributed by atoms with Crippen molar-refractivity contribution in [3.8, 4) is 11.3 Å². The molecule has 7 heteroatoms. The lowest BCUT2D eigenvalue weighted by Crippen LogP contribution is -2.41. The fourth-order valence-corrected chi connectivity index (χ4v) is 4.24. The number of carbonyl (C=O) groups is 1. The molecule has 1 amide bonds. The van der Waals surface area contributed by atoms with Gasteiger partial charge in [0.1, 0.15) is 5.60 Å². The van der Waals surface area contributed by atoms with E-state index in [2.05, 4.69) is 34.5 Å². The lowest BCUT2D eigenvalue weighted by molar-refractivity contribution is 0.0181. The lowest BCUT2D eigenvalue weighted by atomic mass is 9.91. The van der Waals surface area contributed by atoms with Gasteiger partial charge in [-0.05, 0) is 91.6 Å². The molecule has 1 fully saturated rings. The normalized spacial score (nSPS) is 14.6. The number of carbonyl (C=O) groups excluding carboxylic acids is 1. The largest absolute Gasteiger partial charge is 0.444 e. The van der Waals surface area contributed by atoms with Gasteiger partial charge in [0.2, 0.25) is 0 Å². The number of likely N-dealkylation sites (tertiary alicyclic amines) is 1. The van der Waals surface area contributed by atoms with Crippen LogP contribution in [0.2, 0.25) is 0 Å². The predicted octanol–water partition coefficient (Wildman–Crippen LogP) is 5.61. The summed E-state index contributed by atoms with van der Waals surface area (Å²) in [5.41, 5.74) is 4.50. The number of benzene rings is 1. The van der Waals surface area contributed by atoms with Gasteiger partial charge in [0.25, 0.3) is 0 Å². The number of amides is 1. The topological polar surface area (TPSA) is 80.5 Å². The average molecular weight is 467 g/mol. The van der Waals surface area contributed by atoms with Gasteiger partial charge in [-0.25, -0.2) is 4.79 Å². The highest BCUT2D eigenvalue weighted by atomic mass is 16.6. The molecule has 0 radical (unpaired) electrons. The summed E-state index contributed by atoms with van der Waals surface area (Å²) in [5, 5.41) is 8.22. The van der Waals surface area contributed by atoms with Crippen molar-refractivity contribution in [2.75, 3.05) is 27.2 Å². The minimum absolute atomic E-state index is 0.201. The summed E-state index contributed by atoms with van der Waals surface area (Å²) in [6, 6.07) is 10.1. The van der Waals surface area contributed by atoms with E-state index in [1.807, 2.05) is 58.0 Å². The van der Waals surface area contributed by atoms with E-state index in [1.54, 1.807) is 6.20 Å². The van der Waals surface area contributed by atoms with E-state index in [-0.39, 0.29) is 6.09 Å². The second kappa shape index (κ2) is 11.5. The van der Waals surface area contributed by atoms with Gasteiger partial charge in [-0.2, -0.15) is 0 Å². The van der Waals surface area contributed by atoms with Gasteiger partial charge in [0, 0.05) is 35.8 Å². The molecule has 3 heterocycles. The predicted molar refractivity (Wildman–Crippen MR) is 136 cm³/mol. The molecule has 1 N–H and O–H groups in total. The Balaban J connectivity index is 0.00000103. The maximum absolute atomic E-state index is 12.3. The van der Waals surface area contributed by atoms with Gasteiger partial charge >= 0.3 is 6.09 Å². The number of rotatable bonds is 4. The third-order valence-corrected chi connectivity index (χ3v) is 5.96.